The fourth-order valence-corrected chi connectivity index (χ4v) is 1.32. The van der Waals surface area contributed by atoms with E-state index in [1.807, 2.05) is 0 Å². The smallest absolute Gasteiger partial charge is 0.335 e. The van der Waals surface area contributed by atoms with Gasteiger partial charge in [0.05, 0.1) is 16.7 Å². The van der Waals surface area contributed by atoms with Gasteiger partial charge in [-0.3, -0.25) is 0 Å². The highest BCUT2D eigenvalue weighted by molar-refractivity contribution is 6.32. The van der Waals surface area contributed by atoms with Crippen LogP contribution in [0.4, 0.5) is 0 Å². The largest absolute Gasteiger partial charge is 0.489 e. The number of hydrogen-bond donors (Lipinski definition) is 1. The molecular weight excluding hydrogens is 204 g/mol. The lowest BCUT2D eigenvalue weighted by Gasteiger charge is -2.06. The number of halogens is 1. The Morgan fingerprint density at radius 2 is 2.21 bits per heavy atom. The SMILES string of the molecule is O=C(O)c1ccc(OC2CC2)c(Cl)c1. The normalized spacial score (nSPS) is 15.2. The molecule has 1 aromatic carbocycles. The van der Waals surface area contributed by atoms with Crippen molar-refractivity contribution < 1.29 is 14.6 Å². The molecular formula is C10H9ClO3. The number of aromatic carboxylic acids is 1. The summed E-state index contributed by atoms with van der Waals surface area (Å²) in [6.45, 7) is 0. The standard InChI is InChI=1S/C10H9ClO3/c11-8-5-6(10(12)13)1-4-9(8)14-7-2-3-7/h1,4-5,7H,2-3H2,(H,12,13). The molecule has 3 nitrogen and oxygen atoms in total. The first-order valence-corrected chi connectivity index (χ1v) is 4.74. The number of carboxylic acid groups (broad SMARTS) is 1. The van der Waals surface area contributed by atoms with Gasteiger partial charge in [0.25, 0.3) is 0 Å². The maximum atomic E-state index is 10.6. The zero-order valence-corrected chi connectivity index (χ0v) is 8.12. The molecule has 1 aromatic rings. The third kappa shape index (κ3) is 1.99. The fraction of sp³-hybridized carbons (Fsp3) is 0.300. The zero-order chi connectivity index (χ0) is 10.1. The Balaban J connectivity index is 2.21. The highest BCUT2D eigenvalue weighted by atomic mass is 35.5. The number of benzene rings is 1. The van der Waals surface area contributed by atoms with E-state index in [1.165, 1.54) is 12.1 Å². The number of carbonyl (C=O) groups is 1. The molecule has 0 heterocycles. The molecule has 1 aliphatic carbocycles. The van der Waals surface area contributed by atoms with Crippen LogP contribution in [0, 0.1) is 0 Å². The minimum Gasteiger partial charge on any atom is -0.489 e. The highest BCUT2D eigenvalue weighted by Gasteiger charge is 2.24. The van der Waals surface area contributed by atoms with Crippen LogP contribution in [0.15, 0.2) is 18.2 Å². The van der Waals surface area contributed by atoms with Gasteiger partial charge in [0.15, 0.2) is 0 Å². The number of rotatable bonds is 3. The van der Waals surface area contributed by atoms with Gasteiger partial charge >= 0.3 is 5.97 Å². The van der Waals surface area contributed by atoms with Gasteiger partial charge in [-0.2, -0.15) is 0 Å². The Kier molecular flexibility index (Phi) is 2.33. The minimum atomic E-state index is -0.982. The van der Waals surface area contributed by atoms with Crippen molar-refractivity contribution in [2.75, 3.05) is 0 Å². The Morgan fingerprint density at radius 1 is 1.50 bits per heavy atom. The summed E-state index contributed by atoms with van der Waals surface area (Å²) in [5, 5.41) is 9.05. The first-order chi connectivity index (χ1) is 6.66. The van der Waals surface area contributed by atoms with Crippen LogP contribution in [0.25, 0.3) is 0 Å². The second kappa shape index (κ2) is 3.50. The van der Waals surface area contributed by atoms with Crippen LogP contribution in [0.3, 0.4) is 0 Å². The molecule has 74 valence electrons. The van der Waals surface area contributed by atoms with E-state index in [4.69, 9.17) is 21.4 Å². The molecule has 1 N–H and O–H groups in total. The van der Waals surface area contributed by atoms with E-state index in [2.05, 4.69) is 0 Å². The number of carboxylic acids is 1. The number of ether oxygens (including phenoxy) is 1. The van der Waals surface area contributed by atoms with Crippen LogP contribution in [-0.2, 0) is 0 Å². The summed E-state index contributed by atoms with van der Waals surface area (Å²) in [7, 11) is 0. The van der Waals surface area contributed by atoms with Crippen LogP contribution in [0.5, 0.6) is 5.75 Å². The molecule has 0 saturated heterocycles. The molecule has 0 radical (unpaired) electrons. The van der Waals surface area contributed by atoms with Crippen molar-refractivity contribution in [3.63, 3.8) is 0 Å². The highest BCUT2D eigenvalue weighted by Crippen LogP contribution is 2.32. The molecule has 1 fully saturated rings. The van der Waals surface area contributed by atoms with Gasteiger partial charge in [0, 0.05) is 0 Å². The van der Waals surface area contributed by atoms with E-state index in [-0.39, 0.29) is 11.7 Å². The van der Waals surface area contributed by atoms with Gasteiger partial charge in [0.1, 0.15) is 5.75 Å². The van der Waals surface area contributed by atoms with E-state index in [1.54, 1.807) is 6.07 Å². The molecule has 0 atom stereocenters. The van der Waals surface area contributed by atoms with Crippen molar-refractivity contribution >= 4 is 17.6 Å². The minimum absolute atomic E-state index is 0.179. The number of hydrogen-bond acceptors (Lipinski definition) is 2. The third-order valence-electron chi connectivity index (χ3n) is 2.00. The fourth-order valence-electron chi connectivity index (χ4n) is 1.09. The molecule has 0 bridgehead atoms. The Morgan fingerprint density at radius 3 is 2.71 bits per heavy atom. The summed E-state index contributed by atoms with van der Waals surface area (Å²) in [5.74, 6) is -0.413. The molecule has 0 aliphatic heterocycles. The van der Waals surface area contributed by atoms with Crippen LogP contribution in [0.1, 0.15) is 23.2 Å². The second-order valence-corrected chi connectivity index (χ2v) is 3.67. The summed E-state index contributed by atoms with van der Waals surface area (Å²) in [5.41, 5.74) is 0.179. The van der Waals surface area contributed by atoms with Crippen LogP contribution >= 0.6 is 11.6 Å². The lowest BCUT2D eigenvalue weighted by molar-refractivity contribution is 0.0697. The molecule has 0 unspecified atom stereocenters. The lowest BCUT2D eigenvalue weighted by atomic mass is 10.2. The first kappa shape index (κ1) is 9.34. The van der Waals surface area contributed by atoms with Crippen molar-refractivity contribution in [1.82, 2.24) is 0 Å². The molecule has 4 heteroatoms. The summed E-state index contributed by atoms with van der Waals surface area (Å²) < 4.78 is 5.47. The third-order valence-corrected chi connectivity index (χ3v) is 2.29. The molecule has 0 amide bonds. The van der Waals surface area contributed by atoms with Gasteiger partial charge in [-0.05, 0) is 31.0 Å². The predicted molar refractivity (Wildman–Crippen MR) is 52.1 cm³/mol. The zero-order valence-electron chi connectivity index (χ0n) is 7.37. The molecule has 0 aromatic heterocycles. The second-order valence-electron chi connectivity index (χ2n) is 3.27. The Labute approximate surface area is 86.3 Å². The topological polar surface area (TPSA) is 46.5 Å². The van der Waals surface area contributed by atoms with E-state index in [0.29, 0.717) is 10.8 Å². The molecule has 14 heavy (non-hydrogen) atoms. The summed E-state index contributed by atoms with van der Waals surface area (Å²) in [6, 6.07) is 4.50. The first-order valence-electron chi connectivity index (χ1n) is 4.36. The van der Waals surface area contributed by atoms with Gasteiger partial charge in [0.2, 0.25) is 0 Å². The maximum Gasteiger partial charge on any atom is 0.335 e. The maximum absolute atomic E-state index is 10.6. The van der Waals surface area contributed by atoms with Crippen molar-refractivity contribution in [1.29, 1.82) is 0 Å². The van der Waals surface area contributed by atoms with Crippen molar-refractivity contribution in [3.05, 3.63) is 28.8 Å². The van der Waals surface area contributed by atoms with E-state index in [9.17, 15) is 4.79 Å². The molecule has 1 aliphatic rings. The van der Waals surface area contributed by atoms with Gasteiger partial charge in [-0.1, -0.05) is 11.6 Å². The van der Waals surface area contributed by atoms with Crippen LogP contribution in [-0.4, -0.2) is 17.2 Å². The Hall–Kier alpha value is -1.22. The lowest BCUT2D eigenvalue weighted by Crippen LogP contribution is -1.99. The van der Waals surface area contributed by atoms with E-state index >= 15 is 0 Å². The molecule has 2 rings (SSSR count). The van der Waals surface area contributed by atoms with Crippen molar-refractivity contribution in [2.45, 2.75) is 18.9 Å². The van der Waals surface area contributed by atoms with Crippen molar-refractivity contribution in [3.8, 4) is 5.75 Å². The summed E-state index contributed by atoms with van der Waals surface area (Å²) >= 11 is 5.86. The monoisotopic (exact) mass is 212 g/mol. The average Bonchev–Trinajstić information content (AvgIpc) is 2.92. The average molecular weight is 213 g/mol. The van der Waals surface area contributed by atoms with Gasteiger partial charge in [-0.25, -0.2) is 4.79 Å². The van der Waals surface area contributed by atoms with E-state index in [0.717, 1.165) is 12.8 Å². The summed E-state index contributed by atoms with van der Waals surface area (Å²) in [6.07, 6.45) is 2.37. The molecule has 1 saturated carbocycles. The Bertz CT molecular complexity index is 372. The molecule has 0 spiro atoms. The quantitative estimate of drug-likeness (QED) is 0.838. The van der Waals surface area contributed by atoms with Gasteiger partial charge < -0.3 is 9.84 Å². The van der Waals surface area contributed by atoms with E-state index < -0.39 is 5.97 Å². The predicted octanol–water partition coefficient (Wildman–Crippen LogP) is 2.58. The van der Waals surface area contributed by atoms with Crippen molar-refractivity contribution in [2.24, 2.45) is 0 Å². The summed E-state index contributed by atoms with van der Waals surface area (Å²) in [4.78, 5) is 10.6. The van der Waals surface area contributed by atoms with Gasteiger partial charge in [-0.15, -0.1) is 0 Å². The van der Waals surface area contributed by atoms with Crippen LogP contribution in [0.2, 0.25) is 5.02 Å². The van der Waals surface area contributed by atoms with Crippen LogP contribution < -0.4 is 4.74 Å².